The number of nitrogens with zero attached hydrogens (tertiary/aromatic N) is 4. The number of oxazole rings is 1. The SMILES string of the molecule is CC(C)(C)c1nc2c(o1)CCN(C(=O)c1ccc(-c3ncn[nH]3)cc1)C2. The van der Waals surface area contributed by atoms with Crippen LogP contribution in [0.4, 0.5) is 0 Å². The summed E-state index contributed by atoms with van der Waals surface area (Å²) in [5.41, 5.74) is 2.28. The molecule has 26 heavy (non-hydrogen) atoms. The number of hydrogen-bond donors (Lipinski definition) is 1. The van der Waals surface area contributed by atoms with Gasteiger partial charge in [-0.2, -0.15) is 5.10 Å². The minimum Gasteiger partial charge on any atom is -0.445 e. The van der Waals surface area contributed by atoms with Crippen molar-refractivity contribution in [3.05, 3.63) is 53.5 Å². The van der Waals surface area contributed by atoms with Crippen LogP contribution in [0.25, 0.3) is 11.4 Å². The Kier molecular flexibility index (Phi) is 3.86. The van der Waals surface area contributed by atoms with E-state index in [1.807, 2.05) is 29.2 Å². The van der Waals surface area contributed by atoms with E-state index in [2.05, 4.69) is 40.9 Å². The second-order valence-corrected chi connectivity index (χ2v) is 7.53. The van der Waals surface area contributed by atoms with Crippen LogP contribution in [0.2, 0.25) is 0 Å². The highest BCUT2D eigenvalue weighted by atomic mass is 16.4. The number of rotatable bonds is 2. The van der Waals surface area contributed by atoms with Gasteiger partial charge >= 0.3 is 0 Å². The van der Waals surface area contributed by atoms with E-state index in [-0.39, 0.29) is 11.3 Å². The number of H-pyrrole nitrogens is 1. The summed E-state index contributed by atoms with van der Waals surface area (Å²) >= 11 is 0. The number of aromatic nitrogens is 4. The van der Waals surface area contributed by atoms with Gasteiger partial charge in [0.05, 0.1) is 6.54 Å². The predicted molar refractivity (Wildman–Crippen MR) is 95.5 cm³/mol. The van der Waals surface area contributed by atoms with Crippen molar-refractivity contribution in [2.24, 2.45) is 0 Å². The third-order valence-corrected chi connectivity index (χ3v) is 4.48. The monoisotopic (exact) mass is 351 g/mol. The minimum absolute atomic E-state index is 0.0000728. The minimum atomic E-state index is -0.136. The summed E-state index contributed by atoms with van der Waals surface area (Å²) in [5, 5.41) is 6.66. The van der Waals surface area contributed by atoms with Crippen molar-refractivity contribution in [2.45, 2.75) is 39.2 Å². The average molecular weight is 351 g/mol. The zero-order valence-corrected chi connectivity index (χ0v) is 15.1. The van der Waals surface area contributed by atoms with Gasteiger partial charge < -0.3 is 9.32 Å². The fourth-order valence-electron chi connectivity index (χ4n) is 2.99. The molecule has 1 N–H and O–H groups in total. The molecule has 7 heteroatoms. The molecular weight excluding hydrogens is 330 g/mol. The summed E-state index contributed by atoms with van der Waals surface area (Å²) in [6.45, 7) is 7.34. The summed E-state index contributed by atoms with van der Waals surface area (Å²) < 4.78 is 5.90. The standard InChI is InChI=1S/C19H21N5O2/c1-19(2,3)18-22-14-10-24(9-8-15(14)26-18)17(25)13-6-4-12(5-7-13)16-20-11-21-23-16/h4-7,11H,8-10H2,1-3H3,(H,20,21,23). The molecule has 0 radical (unpaired) electrons. The molecule has 3 heterocycles. The van der Waals surface area contributed by atoms with Gasteiger partial charge in [0.1, 0.15) is 17.8 Å². The molecule has 134 valence electrons. The molecule has 0 atom stereocenters. The Bertz CT molecular complexity index is 920. The lowest BCUT2D eigenvalue weighted by Crippen LogP contribution is -2.35. The van der Waals surface area contributed by atoms with Crippen LogP contribution in [0.15, 0.2) is 35.0 Å². The second kappa shape index (κ2) is 6.09. The maximum atomic E-state index is 12.8. The second-order valence-electron chi connectivity index (χ2n) is 7.53. The molecular formula is C19H21N5O2. The highest BCUT2D eigenvalue weighted by Crippen LogP contribution is 2.28. The van der Waals surface area contributed by atoms with Crippen molar-refractivity contribution in [3.63, 3.8) is 0 Å². The van der Waals surface area contributed by atoms with Gasteiger partial charge in [-0.25, -0.2) is 9.97 Å². The highest BCUT2D eigenvalue weighted by molar-refractivity contribution is 5.94. The van der Waals surface area contributed by atoms with E-state index in [1.54, 1.807) is 0 Å². The molecule has 0 aliphatic carbocycles. The molecule has 2 aromatic heterocycles. The van der Waals surface area contributed by atoms with Crippen LogP contribution in [0.5, 0.6) is 0 Å². The van der Waals surface area contributed by atoms with Gasteiger partial charge in [0.2, 0.25) is 0 Å². The maximum absolute atomic E-state index is 12.8. The van der Waals surface area contributed by atoms with Gasteiger partial charge in [-0.3, -0.25) is 9.89 Å². The largest absolute Gasteiger partial charge is 0.445 e. The van der Waals surface area contributed by atoms with Crippen molar-refractivity contribution < 1.29 is 9.21 Å². The molecule has 1 aliphatic heterocycles. The molecule has 0 unspecified atom stereocenters. The summed E-state index contributed by atoms with van der Waals surface area (Å²) in [7, 11) is 0. The molecule has 0 saturated carbocycles. The van der Waals surface area contributed by atoms with Crippen molar-refractivity contribution in [1.82, 2.24) is 25.1 Å². The molecule has 0 fully saturated rings. The molecule has 3 aromatic rings. The smallest absolute Gasteiger partial charge is 0.254 e. The summed E-state index contributed by atoms with van der Waals surface area (Å²) in [4.78, 5) is 23.4. The van der Waals surface area contributed by atoms with Gasteiger partial charge in [-0.05, 0) is 12.1 Å². The Balaban J connectivity index is 1.51. The number of carbonyl (C=O) groups is 1. The number of carbonyl (C=O) groups excluding carboxylic acids is 1. The fraction of sp³-hybridized carbons (Fsp3) is 0.368. The van der Waals surface area contributed by atoms with Crippen LogP contribution < -0.4 is 0 Å². The lowest BCUT2D eigenvalue weighted by Gasteiger charge is -2.25. The first kappa shape index (κ1) is 16.5. The Labute approximate surface area is 151 Å². The summed E-state index contributed by atoms with van der Waals surface area (Å²) in [6.07, 6.45) is 2.16. The van der Waals surface area contributed by atoms with Crippen molar-refractivity contribution in [2.75, 3.05) is 6.54 Å². The Morgan fingerprint density at radius 1 is 1.23 bits per heavy atom. The summed E-state index contributed by atoms with van der Waals surface area (Å²) in [5.74, 6) is 2.32. The van der Waals surface area contributed by atoms with E-state index in [1.165, 1.54) is 6.33 Å². The molecule has 7 nitrogen and oxygen atoms in total. The number of amides is 1. The van der Waals surface area contributed by atoms with Crippen LogP contribution in [-0.4, -0.2) is 37.5 Å². The van der Waals surface area contributed by atoms with E-state index in [4.69, 9.17) is 4.42 Å². The number of hydrogen-bond acceptors (Lipinski definition) is 5. The van der Waals surface area contributed by atoms with Crippen LogP contribution >= 0.6 is 0 Å². The molecule has 4 rings (SSSR count). The predicted octanol–water partition coefficient (Wildman–Crippen LogP) is 2.96. The number of benzene rings is 1. The first-order valence-electron chi connectivity index (χ1n) is 8.66. The molecule has 1 aliphatic rings. The first-order valence-corrected chi connectivity index (χ1v) is 8.66. The summed E-state index contributed by atoms with van der Waals surface area (Å²) in [6, 6.07) is 7.38. The zero-order valence-electron chi connectivity index (χ0n) is 15.1. The number of aromatic amines is 1. The van der Waals surface area contributed by atoms with E-state index < -0.39 is 0 Å². The molecule has 0 bridgehead atoms. The van der Waals surface area contributed by atoms with Gasteiger partial charge in [0.25, 0.3) is 5.91 Å². The third kappa shape index (κ3) is 3.00. The van der Waals surface area contributed by atoms with Gasteiger partial charge in [0.15, 0.2) is 11.7 Å². The van der Waals surface area contributed by atoms with Crippen molar-refractivity contribution in [3.8, 4) is 11.4 Å². The maximum Gasteiger partial charge on any atom is 0.254 e. The zero-order chi connectivity index (χ0) is 18.3. The van der Waals surface area contributed by atoms with Crippen LogP contribution in [-0.2, 0) is 18.4 Å². The number of nitrogens with one attached hydrogen (secondary N) is 1. The van der Waals surface area contributed by atoms with E-state index >= 15 is 0 Å². The van der Waals surface area contributed by atoms with Crippen LogP contribution in [0.1, 0.15) is 48.5 Å². The van der Waals surface area contributed by atoms with Gasteiger partial charge in [-0.1, -0.05) is 32.9 Å². The first-order chi connectivity index (χ1) is 12.4. The van der Waals surface area contributed by atoms with Gasteiger partial charge in [-0.15, -0.1) is 0 Å². The fourth-order valence-corrected chi connectivity index (χ4v) is 2.99. The average Bonchev–Trinajstić information content (AvgIpc) is 3.29. The van der Waals surface area contributed by atoms with Crippen LogP contribution in [0.3, 0.4) is 0 Å². The third-order valence-electron chi connectivity index (χ3n) is 4.48. The molecule has 1 amide bonds. The highest BCUT2D eigenvalue weighted by Gasteiger charge is 2.29. The van der Waals surface area contributed by atoms with Gasteiger partial charge in [0, 0.05) is 29.5 Å². The van der Waals surface area contributed by atoms with E-state index in [0.29, 0.717) is 30.9 Å². The Morgan fingerprint density at radius 3 is 2.65 bits per heavy atom. The molecule has 0 spiro atoms. The molecule has 0 saturated heterocycles. The topological polar surface area (TPSA) is 87.9 Å². The Morgan fingerprint density at radius 2 is 2.00 bits per heavy atom. The quantitative estimate of drug-likeness (QED) is 0.767. The van der Waals surface area contributed by atoms with Crippen molar-refractivity contribution in [1.29, 1.82) is 0 Å². The lowest BCUT2D eigenvalue weighted by molar-refractivity contribution is 0.0728. The van der Waals surface area contributed by atoms with Crippen LogP contribution in [0, 0.1) is 0 Å². The normalized spacial score (nSPS) is 14.3. The Hall–Kier alpha value is -2.96. The lowest BCUT2D eigenvalue weighted by atomic mass is 9.97. The number of fused-ring (bicyclic) bond motifs is 1. The van der Waals surface area contributed by atoms with Crippen molar-refractivity contribution >= 4 is 5.91 Å². The van der Waals surface area contributed by atoms with E-state index in [9.17, 15) is 4.79 Å². The van der Waals surface area contributed by atoms with E-state index in [0.717, 1.165) is 22.9 Å². The molecule has 1 aromatic carbocycles.